The first kappa shape index (κ1) is 22.9. The van der Waals surface area contributed by atoms with Crippen molar-refractivity contribution in [2.24, 2.45) is 0 Å². The third-order valence-corrected chi connectivity index (χ3v) is 6.92. The van der Waals surface area contributed by atoms with Gasteiger partial charge in [0.25, 0.3) is 0 Å². The molecule has 0 atom stereocenters. The Balaban J connectivity index is 1.21. The number of nitriles is 1. The van der Waals surface area contributed by atoms with Gasteiger partial charge in [0.2, 0.25) is 0 Å². The van der Waals surface area contributed by atoms with E-state index in [1.807, 2.05) is 29.6 Å². The highest BCUT2D eigenvalue weighted by molar-refractivity contribution is 7.12. The number of ether oxygens (including phenoxy) is 2. The van der Waals surface area contributed by atoms with Gasteiger partial charge in [0.15, 0.2) is 5.06 Å². The van der Waals surface area contributed by atoms with E-state index in [-0.39, 0.29) is 0 Å². The summed E-state index contributed by atoms with van der Waals surface area (Å²) in [6, 6.07) is 20.8. The van der Waals surface area contributed by atoms with Crippen LogP contribution in [0, 0.1) is 11.3 Å². The van der Waals surface area contributed by atoms with E-state index in [1.54, 1.807) is 12.4 Å². The van der Waals surface area contributed by atoms with E-state index in [1.165, 1.54) is 22.5 Å². The van der Waals surface area contributed by atoms with Crippen LogP contribution in [0.2, 0.25) is 0 Å². The number of fused-ring (bicyclic) bond motifs is 1. The Bertz CT molecular complexity index is 1330. The second kappa shape index (κ2) is 10.6. The SMILES string of the molecule is CN1CCOc2ccc(-c3csc(OCc4ccc(CNCc5ccncc5)cc4)c3C#N)cc21. The molecule has 5 rings (SSSR count). The molecule has 1 aliphatic rings. The van der Waals surface area contributed by atoms with Crippen molar-refractivity contribution in [3.63, 3.8) is 0 Å². The molecule has 0 saturated carbocycles. The number of likely N-dealkylation sites (N-methyl/N-ethyl adjacent to an activating group) is 1. The quantitative estimate of drug-likeness (QED) is 0.364. The first-order chi connectivity index (χ1) is 17.2. The molecule has 0 spiro atoms. The minimum absolute atomic E-state index is 0.417. The fourth-order valence-corrected chi connectivity index (χ4v) is 4.92. The number of thiophene rings is 1. The number of pyridine rings is 1. The molecular weight excluding hydrogens is 456 g/mol. The van der Waals surface area contributed by atoms with Gasteiger partial charge in [-0.15, -0.1) is 11.3 Å². The zero-order valence-corrected chi connectivity index (χ0v) is 20.3. The fourth-order valence-electron chi connectivity index (χ4n) is 4.04. The van der Waals surface area contributed by atoms with Crippen LogP contribution in [0.15, 0.2) is 72.4 Å². The summed E-state index contributed by atoms with van der Waals surface area (Å²) in [5, 5.41) is 16.0. The molecule has 0 radical (unpaired) electrons. The van der Waals surface area contributed by atoms with Crippen molar-refractivity contribution in [3.8, 4) is 28.0 Å². The lowest BCUT2D eigenvalue weighted by Crippen LogP contribution is -2.28. The molecule has 6 nitrogen and oxygen atoms in total. The molecule has 2 aromatic heterocycles. The molecule has 1 aliphatic heterocycles. The molecule has 7 heteroatoms. The lowest BCUT2D eigenvalue weighted by Gasteiger charge is -2.28. The molecule has 2 aromatic carbocycles. The average molecular weight is 483 g/mol. The molecule has 0 bridgehead atoms. The van der Waals surface area contributed by atoms with Gasteiger partial charge in [-0.1, -0.05) is 30.3 Å². The molecule has 0 amide bonds. The normalized spacial score (nSPS) is 12.5. The molecular formula is C28H26N4O2S. The van der Waals surface area contributed by atoms with Gasteiger partial charge < -0.3 is 19.7 Å². The first-order valence-corrected chi connectivity index (χ1v) is 12.4. The van der Waals surface area contributed by atoms with Gasteiger partial charge in [0, 0.05) is 43.5 Å². The standard InChI is InChI=1S/C28H26N4O2S/c1-32-12-13-33-27-7-6-23(14-26(27)32)25-19-35-28(24(25)15-29)34-18-22-4-2-20(3-5-22)16-31-17-21-8-10-30-11-9-21/h2-11,14,19,31H,12-13,16-18H2,1H3. The zero-order valence-electron chi connectivity index (χ0n) is 19.5. The van der Waals surface area contributed by atoms with Gasteiger partial charge in [-0.2, -0.15) is 5.26 Å². The molecule has 3 heterocycles. The monoisotopic (exact) mass is 482 g/mol. The average Bonchev–Trinajstić information content (AvgIpc) is 3.32. The third-order valence-electron chi connectivity index (χ3n) is 6.04. The minimum Gasteiger partial charge on any atom is -0.490 e. The number of anilines is 1. The maximum Gasteiger partial charge on any atom is 0.192 e. The van der Waals surface area contributed by atoms with E-state index in [2.05, 4.69) is 58.6 Å². The highest BCUT2D eigenvalue weighted by Crippen LogP contribution is 2.41. The smallest absolute Gasteiger partial charge is 0.192 e. The van der Waals surface area contributed by atoms with Crippen LogP contribution in [0.4, 0.5) is 5.69 Å². The Labute approximate surface area is 209 Å². The second-order valence-electron chi connectivity index (χ2n) is 8.44. The summed E-state index contributed by atoms with van der Waals surface area (Å²) < 4.78 is 11.8. The van der Waals surface area contributed by atoms with Crippen LogP contribution >= 0.6 is 11.3 Å². The molecule has 176 valence electrons. The zero-order chi connectivity index (χ0) is 24.0. The third kappa shape index (κ3) is 5.29. The second-order valence-corrected chi connectivity index (χ2v) is 9.28. The lowest BCUT2D eigenvalue weighted by molar-refractivity contribution is 0.311. The van der Waals surface area contributed by atoms with Crippen LogP contribution in [0.1, 0.15) is 22.3 Å². The molecule has 35 heavy (non-hydrogen) atoms. The van der Waals surface area contributed by atoms with Crippen LogP contribution in [0.3, 0.4) is 0 Å². The summed E-state index contributed by atoms with van der Waals surface area (Å²) in [6.07, 6.45) is 3.61. The van der Waals surface area contributed by atoms with Gasteiger partial charge in [-0.25, -0.2) is 0 Å². The van der Waals surface area contributed by atoms with Crippen molar-refractivity contribution in [1.82, 2.24) is 10.3 Å². The molecule has 0 aliphatic carbocycles. The summed E-state index contributed by atoms with van der Waals surface area (Å²) in [4.78, 5) is 6.22. The topological polar surface area (TPSA) is 70.4 Å². The molecule has 0 saturated heterocycles. The van der Waals surface area contributed by atoms with E-state index in [9.17, 15) is 5.26 Å². The molecule has 0 fully saturated rings. The van der Waals surface area contributed by atoms with E-state index in [4.69, 9.17) is 9.47 Å². The van der Waals surface area contributed by atoms with Crippen molar-refractivity contribution < 1.29 is 9.47 Å². The van der Waals surface area contributed by atoms with Gasteiger partial charge in [-0.05, 0) is 46.5 Å². The maximum atomic E-state index is 9.87. The van der Waals surface area contributed by atoms with E-state index < -0.39 is 0 Å². The van der Waals surface area contributed by atoms with Crippen LogP contribution in [-0.4, -0.2) is 25.2 Å². The summed E-state index contributed by atoms with van der Waals surface area (Å²) >= 11 is 1.46. The lowest BCUT2D eigenvalue weighted by atomic mass is 10.0. The van der Waals surface area contributed by atoms with Crippen LogP contribution in [0.5, 0.6) is 10.8 Å². The predicted octanol–water partition coefficient (Wildman–Crippen LogP) is 5.38. The van der Waals surface area contributed by atoms with Gasteiger partial charge in [-0.3, -0.25) is 4.98 Å². The number of hydrogen-bond acceptors (Lipinski definition) is 7. The van der Waals surface area contributed by atoms with Crippen molar-refractivity contribution in [3.05, 3.63) is 94.6 Å². The Morgan fingerprint density at radius 1 is 1.06 bits per heavy atom. The first-order valence-electron chi connectivity index (χ1n) is 11.5. The summed E-state index contributed by atoms with van der Waals surface area (Å²) in [5.41, 5.74) is 6.99. The minimum atomic E-state index is 0.417. The number of nitrogens with zero attached hydrogens (tertiary/aromatic N) is 3. The number of aromatic nitrogens is 1. The van der Waals surface area contributed by atoms with Crippen LogP contribution in [0.25, 0.3) is 11.1 Å². The van der Waals surface area contributed by atoms with Crippen LogP contribution in [-0.2, 0) is 19.7 Å². The fraction of sp³-hybridized carbons (Fsp3) is 0.214. The number of hydrogen-bond donors (Lipinski definition) is 1. The molecule has 0 unspecified atom stereocenters. The van der Waals surface area contributed by atoms with Gasteiger partial charge in [0.05, 0.1) is 12.2 Å². The van der Waals surface area contributed by atoms with Crippen molar-refractivity contribution in [2.75, 3.05) is 25.1 Å². The van der Waals surface area contributed by atoms with Crippen molar-refractivity contribution in [1.29, 1.82) is 5.26 Å². The number of nitrogens with one attached hydrogen (secondary N) is 1. The summed E-state index contributed by atoms with van der Waals surface area (Å²) in [5.74, 6) is 0.878. The summed E-state index contributed by atoms with van der Waals surface area (Å²) in [7, 11) is 2.06. The Hall–Kier alpha value is -3.86. The van der Waals surface area contributed by atoms with E-state index in [0.29, 0.717) is 23.8 Å². The summed E-state index contributed by atoms with van der Waals surface area (Å²) in [6.45, 7) is 3.54. The number of rotatable bonds is 8. The van der Waals surface area contributed by atoms with Crippen molar-refractivity contribution in [2.45, 2.75) is 19.7 Å². The Kier molecular flexibility index (Phi) is 6.94. The largest absolute Gasteiger partial charge is 0.490 e. The van der Waals surface area contributed by atoms with E-state index in [0.717, 1.165) is 47.8 Å². The molecule has 1 N–H and O–H groups in total. The van der Waals surface area contributed by atoms with Crippen LogP contribution < -0.4 is 19.7 Å². The Morgan fingerprint density at radius 2 is 1.80 bits per heavy atom. The predicted molar refractivity (Wildman–Crippen MR) is 139 cm³/mol. The maximum absolute atomic E-state index is 9.87. The van der Waals surface area contributed by atoms with E-state index >= 15 is 0 Å². The van der Waals surface area contributed by atoms with Crippen molar-refractivity contribution >= 4 is 17.0 Å². The number of benzene rings is 2. The van der Waals surface area contributed by atoms with Gasteiger partial charge in [0.1, 0.15) is 30.6 Å². The highest BCUT2D eigenvalue weighted by Gasteiger charge is 2.19. The highest BCUT2D eigenvalue weighted by atomic mass is 32.1. The molecule has 4 aromatic rings. The van der Waals surface area contributed by atoms with Gasteiger partial charge >= 0.3 is 0 Å². The Morgan fingerprint density at radius 3 is 2.57 bits per heavy atom.